The second-order valence-electron chi connectivity index (χ2n) is 6.66. The van der Waals surface area contributed by atoms with Crippen LogP contribution in [0.5, 0.6) is 5.75 Å². The Bertz CT molecular complexity index is 710. The minimum atomic E-state index is -0.662. The number of allylic oxidation sites excluding steroid dienone is 1. The quantitative estimate of drug-likeness (QED) is 0.192. The number of terminal acetylenes is 1. The molecule has 6 nitrogen and oxygen atoms in total. The Morgan fingerprint density at radius 1 is 1.32 bits per heavy atom. The van der Waals surface area contributed by atoms with E-state index in [1.165, 1.54) is 5.06 Å². The van der Waals surface area contributed by atoms with Gasteiger partial charge in [0.05, 0.1) is 13.2 Å². The summed E-state index contributed by atoms with van der Waals surface area (Å²) in [4.78, 5) is 28.1. The molecule has 0 heterocycles. The van der Waals surface area contributed by atoms with Gasteiger partial charge in [-0.3, -0.25) is 9.63 Å². The van der Waals surface area contributed by atoms with E-state index in [-0.39, 0.29) is 13.0 Å². The summed E-state index contributed by atoms with van der Waals surface area (Å²) in [6.07, 6.45) is 14.2. The summed E-state index contributed by atoms with van der Waals surface area (Å²) in [6, 6.07) is 5.19. The average Bonchev–Trinajstić information content (AvgIpc) is 2.78. The number of hydroxylamine groups is 2. The number of carbonyl (C=O) groups is 2. The molecule has 172 valence electrons. The normalized spacial score (nSPS) is 11.5. The Morgan fingerprint density at radius 3 is 2.68 bits per heavy atom. The van der Waals surface area contributed by atoms with Gasteiger partial charge in [-0.2, -0.15) is 5.06 Å². The second kappa shape index (κ2) is 18.2. The maximum atomic E-state index is 11.7. The number of ether oxygens (including phenoxy) is 1. The van der Waals surface area contributed by atoms with Gasteiger partial charge in [-0.15, -0.1) is 12.3 Å². The third-order valence-corrected chi connectivity index (χ3v) is 4.38. The van der Waals surface area contributed by atoms with Crippen molar-refractivity contribution in [3.63, 3.8) is 0 Å². The first-order valence-electron chi connectivity index (χ1n) is 11.0. The van der Waals surface area contributed by atoms with Gasteiger partial charge in [-0.1, -0.05) is 39.0 Å². The van der Waals surface area contributed by atoms with Gasteiger partial charge < -0.3 is 15.3 Å². The van der Waals surface area contributed by atoms with E-state index >= 15 is 0 Å². The fraction of sp³-hybridized carbons (Fsp3) is 0.520. The van der Waals surface area contributed by atoms with Crippen LogP contribution in [0.4, 0.5) is 0 Å². The third-order valence-electron chi connectivity index (χ3n) is 4.38. The predicted octanol–water partition coefficient (Wildman–Crippen LogP) is 4.51. The number of primary amides is 1. The van der Waals surface area contributed by atoms with Gasteiger partial charge in [0.2, 0.25) is 5.91 Å². The highest BCUT2D eigenvalue weighted by Crippen LogP contribution is 2.22. The number of nitrogens with two attached hydrogens (primary N) is 1. The molecule has 0 aromatic heterocycles. The van der Waals surface area contributed by atoms with Crippen molar-refractivity contribution < 1.29 is 19.2 Å². The maximum absolute atomic E-state index is 11.7. The number of carbonyl (C=O) groups excluding carboxylic acids is 2. The van der Waals surface area contributed by atoms with Crippen LogP contribution in [-0.2, 0) is 21.0 Å². The minimum Gasteiger partial charge on any atom is -0.494 e. The fourth-order valence-electron chi connectivity index (χ4n) is 2.71. The van der Waals surface area contributed by atoms with Crippen molar-refractivity contribution in [2.75, 3.05) is 13.7 Å². The van der Waals surface area contributed by atoms with Crippen molar-refractivity contribution in [1.82, 2.24) is 5.06 Å². The summed E-state index contributed by atoms with van der Waals surface area (Å²) in [6.45, 7) is 6.92. The zero-order chi connectivity index (χ0) is 23.5. The van der Waals surface area contributed by atoms with E-state index in [0.29, 0.717) is 13.0 Å². The van der Waals surface area contributed by atoms with E-state index in [2.05, 4.69) is 18.9 Å². The monoisotopic (exact) mass is 430 g/mol. The summed E-state index contributed by atoms with van der Waals surface area (Å²) in [5.74, 6) is 2.86. The maximum Gasteiger partial charge on any atom is 0.237 e. The summed E-state index contributed by atoms with van der Waals surface area (Å²) < 4.78 is 5.82. The lowest BCUT2D eigenvalue weighted by molar-refractivity contribution is -0.183. The van der Waals surface area contributed by atoms with Crippen molar-refractivity contribution in [3.05, 3.63) is 35.4 Å². The van der Waals surface area contributed by atoms with Gasteiger partial charge in [-0.25, -0.2) is 0 Å². The molecule has 1 aromatic rings. The van der Waals surface area contributed by atoms with Crippen LogP contribution in [0.3, 0.4) is 0 Å². The largest absolute Gasteiger partial charge is 0.494 e. The Labute approximate surface area is 187 Å². The number of rotatable bonds is 15. The molecule has 0 radical (unpaired) electrons. The van der Waals surface area contributed by atoms with Crippen LogP contribution >= 0.6 is 0 Å². The summed E-state index contributed by atoms with van der Waals surface area (Å²) >= 11 is 0. The molecule has 0 fully saturated rings. The van der Waals surface area contributed by atoms with Gasteiger partial charge in [0, 0.05) is 19.9 Å². The lowest BCUT2D eigenvalue weighted by Crippen LogP contribution is -2.42. The SMILES string of the molecule is C#CCCCCOc1ccc(/C=C/CC)c(CON(C)C(CCC=O)C(N)=O)c1.CC. The topological polar surface area (TPSA) is 81.9 Å². The number of aldehydes is 1. The van der Waals surface area contributed by atoms with E-state index < -0.39 is 11.9 Å². The predicted molar refractivity (Wildman–Crippen MR) is 126 cm³/mol. The first kappa shape index (κ1) is 28.4. The molecule has 31 heavy (non-hydrogen) atoms. The molecule has 1 aromatic carbocycles. The van der Waals surface area contributed by atoms with Gasteiger partial charge in [0.15, 0.2) is 0 Å². The first-order valence-corrected chi connectivity index (χ1v) is 11.0. The van der Waals surface area contributed by atoms with E-state index in [0.717, 1.165) is 48.8 Å². The Kier molecular flexibility index (Phi) is 16.6. The summed E-state index contributed by atoms with van der Waals surface area (Å²) in [5, 5.41) is 1.42. The van der Waals surface area contributed by atoms with Crippen molar-refractivity contribution in [2.24, 2.45) is 5.73 Å². The molecule has 0 saturated heterocycles. The molecule has 1 rings (SSSR count). The average molecular weight is 431 g/mol. The van der Waals surface area contributed by atoms with E-state index in [1.807, 2.05) is 38.1 Å². The van der Waals surface area contributed by atoms with E-state index in [9.17, 15) is 9.59 Å². The van der Waals surface area contributed by atoms with Crippen molar-refractivity contribution in [3.8, 4) is 18.1 Å². The molecular weight excluding hydrogens is 392 g/mol. The van der Waals surface area contributed by atoms with Crippen LogP contribution in [0, 0.1) is 12.3 Å². The number of nitrogens with zero attached hydrogens (tertiary/aromatic N) is 1. The molecule has 0 bridgehead atoms. The number of unbranched alkanes of at least 4 members (excludes halogenated alkanes) is 2. The molecule has 0 aliphatic heterocycles. The van der Waals surface area contributed by atoms with Crippen LogP contribution in [0.25, 0.3) is 6.08 Å². The molecule has 2 N–H and O–H groups in total. The molecule has 0 spiro atoms. The van der Waals surface area contributed by atoms with Crippen molar-refractivity contribution in [1.29, 1.82) is 0 Å². The third kappa shape index (κ3) is 12.0. The Morgan fingerprint density at radius 2 is 2.06 bits per heavy atom. The Hall–Kier alpha value is -2.62. The molecule has 0 saturated carbocycles. The minimum absolute atomic E-state index is 0.245. The molecule has 0 aliphatic rings. The Balaban J connectivity index is 0.00000436. The molecule has 1 amide bonds. The highest BCUT2D eigenvalue weighted by atomic mass is 16.7. The van der Waals surface area contributed by atoms with Gasteiger partial charge >= 0.3 is 0 Å². The van der Waals surface area contributed by atoms with Gasteiger partial charge in [0.1, 0.15) is 18.1 Å². The number of hydrogen-bond acceptors (Lipinski definition) is 5. The lowest BCUT2D eigenvalue weighted by atomic mass is 10.1. The highest BCUT2D eigenvalue weighted by molar-refractivity contribution is 5.79. The van der Waals surface area contributed by atoms with Crippen molar-refractivity contribution >= 4 is 18.3 Å². The van der Waals surface area contributed by atoms with Crippen LogP contribution in [-0.4, -0.2) is 37.0 Å². The second-order valence-corrected chi connectivity index (χ2v) is 6.66. The fourth-order valence-corrected chi connectivity index (χ4v) is 2.71. The van der Waals surface area contributed by atoms with Gasteiger partial charge in [0.25, 0.3) is 0 Å². The summed E-state index contributed by atoms with van der Waals surface area (Å²) in [5.41, 5.74) is 7.39. The zero-order valence-corrected chi connectivity index (χ0v) is 19.4. The van der Waals surface area contributed by atoms with Crippen LogP contribution in [0.1, 0.15) is 70.4 Å². The zero-order valence-electron chi connectivity index (χ0n) is 19.4. The van der Waals surface area contributed by atoms with Crippen LogP contribution in [0.2, 0.25) is 0 Å². The van der Waals surface area contributed by atoms with Crippen LogP contribution < -0.4 is 10.5 Å². The van der Waals surface area contributed by atoms with E-state index in [4.69, 9.17) is 21.7 Å². The standard InChI is InChI=1S/C23H32N2O4.C2H6/c1-4-6-8-9-16-28-21-14-13-19(11-7-5-2)20(17-21)18-29-25(3)22(23(24)27)12-10-15-26;1-2/h1,7,11,13-15,17,22H,5-6,8-10,12,16,18H2,2-3H3,(H2,24,27);1-2H3/b11-7+;. The molecule has 0 aliphatic carbocycles. The van der Waals surface area contributed by atoms with Crippen LogP contribution in [0.15, 0.2) is 24.3 Å². The van der Waals surface area contributed by atoms with E-state index in [1.54, 1.807) is 7.05 Å². The smallest absolute Gasteiger partial charge is 0.237 e. The lowest BCUT2D eigenvalue weighted by Gasteiger charge is -2.24. The van der Waals surface area contributed by atoms with Crippen molar-refractivity contribution in [2.45, 2.75) is 71.9 Å². The highest BCUT2D eigenvalue weighted by Gasteiger charge is 2.21. The van der Waals surface area contributed by atoms with Gasteiger partial charge in [-0.05, 0) is 48.9 Å². The summed E-state index contributed by atoms with van der Waals surface area (Å²) in [7, 11) is 1.65. The molecule has 1 atom stereocenters. The number of likely N-dealkylation sites (N-methyl/N-ethyl adjacent to an activating group) is 1. The number of benzene rings is 1. The molecule has 6 heteroatoms. The number of hydrogen-bond donors (Lipinski definition) is 1. The first-order chi connectivity index (χ1) is 15.0. The number of amides is 1. The molecule has 1 unspecified atom stereocenters. The molecular formula is C25H38N2O4.